The van der Waals surface area contributed by atoms with Crippen LogP contribution in [0.25, 0.3) is 16.6 Å². The molecule has 2 aromatic heterocycles. The van der Waals surface area contributed by atoms with Crippen molar-refractivity contribution in [3.05, 3.63) is 53.9 Å². The number of carbonyl (C=O) groups is 1. The number of anilines is 1. The number of fused-ring (bicyclic) bond motifs is 1. The van der Waals surface area contributed by atoms with Crippen molar-refractivity contribution in [3.63, 3.8) is 0 Å². The molecule has 2 atom stereocenters. The maximum atomic E-state index is 12.0. The molecule has 1 aromatic carbocycles. The number of nitrogens with zero attached hydrogens (tertiary/aromatic N) is 3. The molecule has 0 bridgehead atoms. The van der Waals surface area contributed by atoms with E-state index >= 15 is 0 Å². The third-order valence-electron chi connectivity index (χ3n) is 5.44. The first-order valence-electron chi connectivity index (χ1n) is 9.15. The van der Waals surface area contributed by atoms with Crippen molar-refractivity contribution in [2.24, 2.45) is 11.7 Å². The van der Waals surface area contributed by atoms with Gasteiger partial charge in [0, 0.05) is 17.8 Å². The van der Waals surface area contributed by atoms with Crippen LogP contribution < -0.4 is 11.1 Å². The van der Waals surface area contributed by atoms with Crippen LogP contribution >= 0.6 is 0 Å². The first kappa shape index (κ1) is 17.1. The number of amides is 1. The summed E-state index contributed by atoms with van der Waals surface area (Å²) < 4.78 is 1.77. The Morgan fingerprint density at radius 3 is 2.70 bits per heavy atom. The van der Waals surface area contributed by atoms with Gasteiger partial charge in [0.1, 0.15) is 0 Å². The van der Waals surface area contributed by atoms with Crippen LogP contribution in [-0.2, 0) is 0 Å². The molecule has 0 spiro atoms. The van der Waals surface area contributed by atoms with Gasteiger partial charge in [0.05, 0.1) is 34.6 Å². The minimum Gasteiger partial charge on any atom is -0.380 e. The molecule has 1 saturated carbocycles. The fourth-order valence-corrected chi connectivity index (χ4v) is 3.84. The zero-order valence-electron chi connectivity index (χ0n) is 15.1. The van der Waals surface area contributed by atoms with E-state index in [1.807, 2.05) is 24.4 Å². The second-order valence-corrected chi connectivity index (χ2v) is 7.20. The lowest BCUT2D eigenvalue weighted by atomic mass is 10.0. The zero-order chi connectivity index (χ0) is 19.0. The Morgan fingerprint density at radius 2 is 2.07 bits per heavy atom. The van der Waals surface area contributed by atoms with Gasteiger partial charge in [0.15, 0.2) is 0 Å². The number of nitrogens with two attached hydrogens (primary N) is 1. The first-order valence-corrected chi connectivity index (χ1v) is 9.15. The molecule has 6 nitrogen and oxygen atoms in total. The summed E-state index contributed by atoms with van der Waals surface area (Å²) in [6, 6.07) is 11.9. The summed E-state index contributed by atoms with van der Waals surface area (Å²) in [6.45, 7) is 2.23. The fourth-order valence-electron chi connectivity index (χ4n) is 3.84. The largest absolute Gasteiger partial charge is 0.380 e. The smallest absolute Gasteiger partial charge is 0.252 e. The Morgan fingerprint density at radius 1 is 1.30 bits per heavy atom. The molecule has 1 aliphatic rings. The second-order valence-electron chi connectivity index (χ2n) is 7.20. The number of hydrogen-bond acceptors (Lipinski definition) is 4. The number of nitrogens with one attached hydrogen (secondary N) is 1. The summed E-state index contributed by atoms with van der Waals surface area (Å²) in [5.41, 5.74) is 10.2. The van der Waals surface area contributed by atoms with Crippen LogP contribution in [0.2, 0.25) is 0 Å². The van der Waals surface area contributed by atoms with Gasteiger partial charge in [0.2, 0.25) is 0 Å². The first-order chi connectivity index (χ1) is 13.1. The van der Waals surface area contributed by atoms with Gasteiger partial charge in [-0.2, -0.15) is 10.4 Å². The van der Waals surface area contributed by atoms with E-state index in [1.165, 1.54) is 19.0 Å². The molecule has 1 aliphatic carbocycles. The van der Waals surface area contributed by atoms with E-state index in [1.54, 1.807) is 16.6 Å². The van der Waals surface area contributed by atoms with Crippen LogP contribution in [0.3, 0.4) is 0 Å². The molecule has 136 valence electrons. The van der Waals surface area contributed by atoms with Gasteiger partial charge in [-0.1, -0.05) is 25.5 Å². The van der Waals surface area contributed by atoms with Gasteiger partial charge >= 0.3 is 0 Å². The number of rotatable bonds is 4. The SMILES string of the molecule is C[C@H]1CCC[C@H]1Nc1c(C(N)=O)cnn2cc(-c3ccc(C#N)cc3)cc12. The standard InChI is InChI=1S/C21H21N5O/c1-13-3-2-4-18(13)25-20-17(21(23)27)11-24-26-12-16(9-19(20)26)15-7-5-14(10-22)6-8-15/h5-9,11-13,18,25H,2-4H2,1H3,(H2,23,27)/t13-,18+/m0/s1. The molecular formula is C21H21N5O. The normalized spacial score (nSPS) is 19.1. The minimum atomic E-state index is -0.487. The summed E-state index contributed by atoms with van der Waals surface area (Å²) in [5, 5.41) is 16.9. The Hall–Kier alpha value is -3.33. The monoisotopic (exact) mass is 359 g/mol. The Balaban J connectivity index is 1.80. The van der Waals surface area contributed by atoms with Crippen LogP contribution in [-0.4, -0.2) is 21.6 Å². The van der Waals surface area contributed by atoms with Crippen molar-refractivity contribution >= 4 is 17.1 Å². The summed E-state index contributed by atoms with van der Waals surface area (Å²) in [6.07, 6.45) is 6.90. The number of carbonyl (C=O) groups excluding carboxylic acids is 1. The van der Waals surface area contributed by atoms with Gasteiger partial charge < -0.3 is 11.1 Å². The van der Waals surface area contributed by atoms with E-state index in [0.29, 0.717) is 23.1 Å². The number of aromatic nitrogens is 2. The number of benzene rings is 1. The summed E-state index contributed by atoms with van der Waals surface area (Å²) in [5.74, 6) is 0.0613. The molecule has 4 rings (SSSR count). The predicted octanol–water partition coefficient (Wildman–Crippen LogP) is 3.57. The number of hydrogen-bond donors (Lipinski definition) is 2. The summed E-state index contributed by atoms with van der Waals surface area (Å²) >= 11 is 0. The molecule has 1 amide bonds. The Kier molecular flexibility index (Phi) is 4.28. The second kappa shape index (κ2) is 6.76. The highest BCUT2D eigenvalue weighted by Gasteiger charge is 2.26. The van der Waals surface area contributed by atoms with E-state index in [4.69, 9.17) is 11.0 Å². The lowest BCUT2D eigenvalue weighted by molar-refractivity contribution is 0.100. The van der Waals surface area contributed by atoms with Crippen molar-refractivity contribution in [3.8, 4) is 17.2 Å². The fraction of sp³-hybridized carbons (Fsp3) is 0.286. The van der Waals surface area contributed by atoms with Gasteiger partial charge in [-0.3, -0.25) is 4.79 Å². The van der Waals surface area contributed by atoms with Crippen LogP contribution in [0.4, 0.5) is 5.69 Å². The van der Waals surface area contributed by atoms with Gasteiger partial charge in [0.25, 0.3) is 5.91 Å². The van der Waals surface area contributed by atoms with Crippen LogP contribution in [0.5, 0.6) is 0 Å². The van der Waals surface area contributed by atoms with Crippen molar-refractivity contribution < 1.29 is 4.79 Å². The quantitative estimate of drug-likeness (QED) is 0.744. The van der Waals surface area contributed by atoms with Crippen molar-refractivity contribution in [1.29, 1.82) is 5.26 Å². The number of primary amides is 1. The van der Waals surface area contributed by atoms with E-state index in [0.717, 1.165) is 28.8 Å². The molecule has 0 unspecified atom stereocenters. The van der Waals surface area contributed by atoms with Crippen LogP contribution in [0, 0.1) is 17.2 Å². The predicted molar refractivity (Wildman–Crippen MR) is 104 cm³/mol. The lowest BCUT2D eigenvalue weighted by Crippen LogP contribution is -2.25. The van der Waals surface area contributed by atoms with Crippen molar-refractivity contribution in [2.75, 3.05) is 5.32 Å². The molecule has 27 heavy (non-hydrogen) atoms. The van der Waals surface area contributed by atoms with Gasteiger partial charge in [-0.05, 0) is 42.5 Å². The Bertz CT molecular complexity index is 1040. The molecule has 3 aromatic rings. The average molecular weight is 359 g/mol. The van der Waals surface area contributed by atoms with Crippen LogP contribution in [0.1, 0.15) is 42.1 Å². The lowest BCUT2D eigenvalue weighted by Gasteiger charge is -2.20. The molecule has 2 heterocycles. The maximum absolute atomic E-state index is 12.0. The van der Waals surface area contributed by atoms with Gasteiger partial charge in [-0.15, -0.1) is 0 Å². The molecule has 0 aliphatic heterocycles. The average Bonchev–Trinajstić information content (AvgIpc) is 3.28. The third-order valence-corrected chi connectivity index (χ3v) is 5.44. The third kappa shape index (κ3) is 3.13. The molecule has 1 fully saturated rings. The van der Waals surface area contributed by atoms with E-state index in [2.05, 4.69) is 23.4 Å². The van der Waals surface area contributed by atoms with E-state index < -0.39 is 5.91 Å². The van der Waals surface area contributed by atoms with E-state index in [9.17, 15) is 4.79 Å². The van der Waals surface area contributed by atoms with E-state index in [-0.39, 0.29) is 0 Å². The molecule has 0 radical (unpaired) electrons. The highest BCUT2D eigenvalue weighted by molar-refractivity contribution is 6.02. The number of nitriles is 1. The molecular weight excluding hydrogens is 338 g/mol. The van der Waals surface area contributed by atoms with Crippen molar-refractivity contribution in [1.82, 2.24) is 9.61 Å². The highest BCUT2D eigenvalue weighted by atomic mass is 16.1. The summed E-state index contributed by atoms with van der Waals surface area (Å²) in [7, 11) is 0. The minimum absolute atomic E-state index is 0.322. The highest BCUT2D eigenvalue weighted by Crippen LogP contribution is 2.33. The van der Waals surface area contributed by atoms with Gasteiger partial charge in [-0.25, -0.2) is 4.52 Å². The molecule has 6 heteroatoms. The topological polar surface area (TPSA) is 96.2 Å². The Labute approximate surface area is 157 Å². The molecule has 0 saturated heterocycles. The zero-order valence-corrected chi connectivity index (χ0v) is 15.1. The maximum Gasteiger partial charge on any atom is 0.252 e. The van der Waals surface area contributed by atoms with Crippen molar-refractivity contribution in [2.45, 2.75) is 32.2 Å². The summed E-state index contributed by atoms with van der Waals surface area (Å²) in [4.78, 5) is 12.0. The van der Waals surface area contributed by atoms with Crippen LogP contribution in [0.15, 0.2) is 42.7 Å². The molecule has 3 N–H and O–H groups in total.